The van der Waals surface area contributed by atoms with Crippen LogP contribution in [0, 0.1) is 5.82 Å². The average molecular weight is 360 g/mol. The van der Waals surface area contributed by atoms with Gasteiger partial charge in [-0.25, -0.2) is 12.8 Å². The van der Waals surface area contributed by atoms with Crippen LogP contribution >= 0.6 is 11.8 Å². The van der Waals surface area contributed by atoms with Gasteiger partial charge >= 0.3 is 0 Å². The topological polar surface area (TPSA) is 79.0 Å². The highest BCUT2D eigenvalue weighted by Crippen LogP contribution is 2.14. The van der Waals surface area contributed by atoms with Gasteiger partial charge in [0.25, 0.3) is 0 Å². The molecule has 0 aliphatic carbocycles. The number of thioether (sulfide) groups is 1. The van der Waals surface area contributed by atoms with Crippen LogP contribution in [0.3, 0.4) is 0 Å². The van der Waals surface area contributed by atoms with Gasteiger partial charge in [-0.1, -0.05) is 0 Å². The Morgan fingerprint density at radius 1 is 1.35 bits per heavy atom. The van der Waals surface area contributed by atoms with Crippen LogP contribution in [0.2, 0.25) is 0 Å². The van der Waals surface area contributed by atoms with Crippen LogP contribution in [0.5, 0.6) is 0 Å². The monoisotopic (exact) mass is 360 g/mol. The van der Waals surface area contributed by atoms with Crippen LogP contribution in [0.25, 0.3) is 0 Å². The molecule has 1 heterocycles. The SMILES string of the molecule is CN(CCN=C(N)N1CCSCC1)S(=O)(=O)c1ccc(F)cc1. The number of hydrogen-bond donors (Lipinski definition) is 1. The van der Waals surface area contributed by atoms with Gasteiger partial charge in [0, 0.05) is 38.2 Å². The van der Waals surface area contributed by atoms with Gasteiger partial charge in [-0.2, -0.15) is 16.1 Å². The zero-order valence-corrected chi connectivity index (χ0v) is 14.6. The minimum atomic E-state index is -3.64. The van der Waals surface area contributed by atoms with Crippen molar-refractivity contribution in [3.63, 3.8) is 0 Å². The average Bonchev–Trinajstić information content (AvgIpc) is 2.55. The van der Waals surface area contributed by atoms with Crippen LogP contribution in [-0.2, 0) is 10.0 Å². The van der Waals surface area contributed by atoms with Crippen LogP contribution in [-0.4, -0.2) is 68.3 Å². The molecule has 2 rings (SSSR count). The first-order chi connectivity index (χ1) is 10.9. The molecule has 0 radical (unpaired) electrons. The van der Waals surface area contributed by atoms with Crippen LogP contribution < -0.4 is 5.73 Å². The first-order valence-electron chi connectivity index (χ1n) is 7.26. The number of aliphatic imine (C=N–C) groups is 1. The summed E-state index contributed by atoms with van der Waals surface area (Å²) in [6.45, 7) is 2.23. The molecule has 0 saturated carbocycles. The summed E-state index contributed by atoms with van der Waals surface area (Å²) in [6, 6.07) is 4.77. The smallest absolute Gasteiger partial charge is 0.242 e. The van der Waals surface area contributed by atoms with Crippen LogP contribution in [0.1, 0.15) is 0 Å². The minimum Gasteiger partial charge on any atom is -0.370 e. The summed E-state index contributed by atoms with van der Waals surface area (Å²) in [5.41, 5.74) is 5.93. The summed E-state index contributed by atoms with van der Waals surface area (Å²) >= 11 is 1.88. The first-order valence-corrected chi connectivity index (χ1v) is 9.85. The number of halogens is 1. The number of sulfonamides is 1. The van der Waals surface area contributed by atoms with Crippen molar-refractivity contribution in [3.8, 4) is 0 Å². The Balaban J connectivity index is 1.93. The lowest BCUT2D eigenvalue weighted by Crippen LogP contribution is -2.43. The van der Waals surface area contributed by atoms with E-state index in [0.29, 0.717) is 5.96 Å². The maximum Gasteiger partial charge on any atom is 0.242 e. The van der Waals surface area contributed by atoms with Crippen molar-refractivity contribution >= 4 is 27.7 Å². The Bertz CT molecular complexity index is 643. The highest BCUT2D eigenvalue weighted by atomic mass is 32.2. The van der Waals surface area contributed by atoms with E-state index in [1.54, 1.807) is 0 Å². The summed E-state index contributed by atoms with van der Waals surface area (Å²) < 4.78 is 38.8. The van der Waals surface area contributed by atoms with E-state index in [4.69, 9.17) is 5.73 Å². The molecule has 1 aliphatic heterocycles. The van der Waals surface area contributed by atoms with E-state index in [1.165, 1.54) is 23.5 Å². The lowest BCUT2D eigenvalue weighted by atomic mass is 10.4. The Hall–Kier alpha value is -1.32. The normalized spacial score (nSPS) is 16.8. The zero-order valence-electron chi connectivity index (χ0n) is 13.0. The fourth-order valence-corrected chi connectivity index (χ4v) is 4.17. The van der Waals surface area contributed by atoms with Crippen molar-refractivity contribution in [2.75, 3.05) is 44.7 Å². The van der Waals surface area contributed by atoms with Crippen molar-refractivity contribution in [3.05, 3.63) is 30.1 Å². The predicted molar refractivity (Wildman–Crippen MR) is 91.6 cm³/mol. The summed E-state index contributed by atoms with van der Waals surface area (Å²) in [4.78, 5) is 6.32. The molecule has 23 heavy (non-hydrogen) atoms. The summed E-state index contributed by atoms with van der Waals surface area (Å²) in [5, 5.41) is 0. The van der Waals surface area contributed by atoms with Gasteiger partial charge in [-0.3, -0.25) is 4.99 Å². The predicted octanol–water partition coefficient (Wildman–Crippen LogP) is 0.810. The van der Waals surface area contributed by atoms with Crippen LogP contribution in [0.15, 0.2) is 34.2 Å². The van der Waals surface area contributed by atoms with E-state index >= 15 is 0 Å². The summed E-state index contributed by atoms with van der Waals surface area (Å²) in [6.07, 6.45) is 0. The van der Waals surface area contributed by atoms with E-state index in [1.807, 2.05) is 16.7 Å². The molecule has 6 nitrogen and oxygen atoms in total. The Labute approximate surface area is 140 Å². The molecule has 9 heteroatoms. The number of nitrogens with zero attached hydrogens (tertiary/aromatic N) is 3. The molecule has 1 saturated heterocycles. The number of hydrogen-bond acceptors (Lipinski definition) is 4. The molecule has 0 unspecified atom stereocenters. The number of guanidine groups is 1. The molecule has 0 aromatic heterocycles. The Morgan fingerprint density at radius 2 is 1.96 bits per heavy atom. The fraction of sp³-hybridized carbons (Fsp3) is 0.500. The summed E-state index contributed by atoms with van der Waals surface area (Å²) in [7, 11) is -2.16. The maximum atomic E-state index is 12.9. The van der Waals surface area contributed by atoms with Gasteiger partial charge in [0.05, 0.1) is 11.4 Å². The molecule has 1 aromatic rings. The molecular weight excluding hydrogens is 339 g/mol. The van der Waals surface area contributed by atoms with Gasteiger partial charge in [-0.15, -0.1) is 0 Å². The third-order valence-electron chi connectivity index (χ3n) is 3.55. The first kappa shape index (κ1) is 18.0. The van der Waals surface area contributed by atoms with E-state index in [-0.39, 0.29) is 18.0 Å². The van der Waals surface area contributed by atoms with Gasteiger partial charge < -0.3 is 10.6 Å². The quantitative estimate of drug-likeness (QED) is 0.621. The molecule has 2 N–H and O–H groups in total. The fourth-order valence-electron chi connectivity index (χ4n) is 2.10. The summed E-state index contributed by atoms with van der Waals surface area (Å²) in [5.74, 6) is 2.03. The van der Waals surface area contributed by atoms with Crippen molar-refractivity contribution in [2.24, 2.45) is 10.7 Å². The van der Waals surface area contributed by atoms with Gasteiger partial charge in [0.2, 0.25) is 10.0 Å². The third kappa shape index (κ3) is 4.82. The lowest BCUT2D eigenvalue weighted by Gasteiger charge is -2.27. The van der Waals surface area contributed by atoms with E-state index in [9.17, 15) is 12.8 Å². The second-order valence-electron chi connectivity index (χ2n) is 5.12. The molecule has 1 aromatic carbocycles. The van der Waals surface area contributed by atoms with Crippen molar-refractivity contribution < 1.29 is 12.8 Å². The number of rotatable bonds is 5. The number of benzene rings is 1. The molecule has 0 spiro atoms. The molecular formula is C14H21FN4O2S2. The van der Waals surface area contributed by atoms with Crippen molar-refractivity contribution in [1.29, 1.82) is 0 Å². The molecule has 1 fully saturated rings. The van der Waals surface area contributed by atoms with Gasteiger partial charge in [0.1, 0.15) is 5.82 Å². The largest absolute Gasteiger partial charge is 0.370 e. The zero-order chi connectivity index (χ0) is 16.9. The highest BCUT2D eigenvalue weighted by molar-refractivity contribution is 7.99. The Kier molecular flexibility index (Phi) is 6.25. The van der Waals surface area contributed by atoms with E-state index < -0.39 is 15.8 Å². The molecule has 128 valence electrons. The van der Waals surface area contributed by atoms with E-state index in [2.05, 4.69) is 4.99 Å². The second-order valence-corrected chi connectivity index (χ2v) is 8.39. The maximum absolute atomic E-state index is 12.9. The van der Waals surface area contributed by atoms with E-state index in [0.717, 1.165) is 36.7 Å². The van der Waals surface area contributed by atoms with Crippen molar-refractivity contribution in [2.45, 2.75) is 4.90 Å². The molecule has 0 atom stereocenters. The molecule has 0 amide bonds. The third-order valence-corrected chi connectivity index (χ3v) is 6.36. The number of likely N-dealkylation sites (N-methyl/N-ethyl adjacent to an activating group) is 1. The van der Waals surface area contributed by atoms with Crippen LogP contribution in [0.4, 0.5) is 4.39 Å². The molecule has 0 bridgehead atoms. The lowest BCUT2D eigenvalue weighted by molar-refractivity contribution is 0.449. The minimum absolute atomic E-state index is 0.0615. The van der Waals surface area contributed by atoms with Gasteiger partial charge in [0.15, 0.2) is 5.96 Å². The second kappa shape index (κ2) is 7.98. The number of nitrogens with two attached hydrogens (primary N) is 1. The Morgan fingerprint density at radius 3 is 2.57 bits per heavy atom. The molecule has 1 aliphatic rings. The standard InChI is InChI=1S/C14H21FN4O2S2/c1-18(23(20,21)13-4-2-12(15)3-5-13)7-6-17-14(16)19-8-10-22-11-9-19/h2-5H,6-11H2,1H3,(H2,16,17). The van der Waals surface area contributed by atoms with Crippen molar-refractivity contribution in [1.82, 2.24) is 9.21 Å². The highest BCUT2D eigenvalue weighted by Gasteiger charge is 2.20. The van der Waals surface area contributed by atoms with Gasteiger partial charge in [-0.05, 0) is 24.3 Å².